The minimum Gasteiger partial charge on any atom is -0.354 e. The zero-order valence-corrected chi connectivity index (χ0v) is 18.9. The van der Waals surface area contributed by atoms with E-state index in [1.165, 1.54) is 0 Å². The van der Waals surface area contributed by atoms with Gasteiger partial charge in [0.15, 0.2) is 0 Å². The minimum absolute atomic E-state index is 0.198. The van der Waals surface area contributed by atoms with E-state index in [-0.39, 0.29) is 5.91 Å². The van der Waals surface area contributed by atoms with Gasteiger partial charge in [0.25, 0.3) is 5.91 Å². The highest BCUT2D eigenvalue weighted by molar-refractivity contribution is 6.05. The van der Waals surface area contributed by atoms with Crippen LogP contribution in [0.5, 0.6) is 0 Å². The number of hydrogen-bond donors (Lipinski definition) is 3. The molecule has 0 radical (unpaired) electrons. The largest absolute Gasteiger partial charge is 0.354 e. The molecule has 34 heavy (non-hydrogen) atoms. The number of pyridine rings is 1. The fraction of sp³-hybridized carbons (Fsp3) is 0.231. The van der Waals surface area contributed by atoms with Crippen LogP contribution in [-0.2, 0) is 0 Å². The summed E-state index contributed by atoms with van der Waals surface area (Å²) in [5, 5.41) is 7.30. The van der Waals surface area contributed by atoms with Crippen molar-refractivity contribution in [2.75, 3.05) is 29.9 Å². The monoisotopic (exact) mass is 451 g/mol. The number of aromatic amines is 1. The number of hydrogen-bond acceptors (Lipinski definition) is 6. The van der Waals surface area contributed by atoms with Crippen molar-refractivity contribution >= 4 is 28.6 Å². The molecule has 3 aromatic heterocycles. The van der Waals surface area contributed by atoms with Crippen molar-refractivity contribution in [2.45, 2.75) is 19.4 Å². The molecule has 3 N–H and O–H groups in total. The Kier molecular flexibility index (Phi) is 6.19. The lowest BCUT2D eigenvalue weighted by molar-refractivity contribution is 0.102. The molecule has 0 bridgehead atoms. The quantitative estimate of drug-likeness (QED) is 0.388. The average molecular weight is 452 g/mol. The van der Waals surface area contributed by atoms with Gasteiger partial charge in [0.1, 0.15) is 23.6 Å². The molecule has 4 heterocycles. The van der Waals surface area contributed by atoms with Gasteiger partial charge in [0.05, 0.1) is 11.9 Å². The third kappa shape index (κ3) is 4.47. The van der Waals surface area contributed by atoms with E-state index < -0.39 is 0 Å². The van der Waals surface area contributed by atoms with Crippen LogP contribution in [0, 0.1) is 11.8 Å². The maximum Gasteiger partial charge on any atom is 0.256 e. The molecule has 1 aliphatic heterocycles. The Morgan fingerprint density at radius 3 is 2.85 bits per heavy atom. The van der Waals surface area contributed by atoms with Gasteiger partial charge in [-0.1, -0.05) is 24.1 Å². The van der Waals surface area contributed by atoms with Gasteiger partial charge in [-0.2, -0.15) is 0 Å². The first-order valence-electron chi connectivity index (χ1n) is 11.3. The van der Waals surface area contributed by atoms with Gasteiger partial charge < -0.3 is 20.5 Å². The molecular weight excluding hydrogens is 426 g/mol. The van der Waals surface area contributed by atoms with Crippen molar-refractivity contribution in [3.05, 3.63) is 66.7 Å². The molecule has 1 amide bonds. The molecular formula is C26H25N7O. The Labute approximate surface area is 197 Å². The fourth-order valence-corrected chi connectivity index (χ4v) is 4.24. The number of rotatable bonds is 6. The average Bonchev–Trinajstić information content (AvgIpc) is 3.52. The number of nitrogens with zero attached hydrogens (tertiary/aromatic N) is 4. The molecule has 0 aliphatic carbocycles. The van der Waals surface area contributed by atoms with Crippen LogP contribution in [0.2, 0.25) is 0 Å². The molecule has 0 unspecified atom stereocenters. The van der Waals surface area contributed by atoms with Crippen LogP contribution in [-0.4, -0.2) is 51.5 Å². The number of carbonyl (C=O) groups excluding carboxylic acids is 1. The third-order valence-corrected chi connectivity index (χ3v) is 5.96. The van der Waals surface area contributed by atoms with Crippen LogP contribution in [0.4, 0.5) is 11.6 Å². The van der Waals surface area contributed by atoms with E-state index in [1.54, 1.807) is 18.6 Å². The van der Waals surface area contributed by atoms with Gasteiger partial charge in [-0.3, -0.25) is 4.79 Å². The molecule has 5 rings (SSSR count). The van der Waals surface area contributed by atoms with Crippen molar-refractivity contribution in [3.8, 4) is 23.0 Å². The second kappa shape index (κ2) is 9.73. The molecule has 1 aromatic carbocycles. The molecule has 1 aliphatic rings. The van der Waals surface area contributed by atoms with Gasteiger partial charge in [0.2, 0.25) is 0 Å². The van der Waals surface area contributed by atoms with Crippen molar-refractivity contribution < 1.29 is 4.79 Å². The Morgan fingerprint density at radius 1 is 1.18 bits per heavy atom. The van der Waals surface area contributed by atoms with Gasteiger partial charge in [0, 0.05) is 42.7 Å². The summed E-state index contributed by atoms with van der Waals surface area (Å²) in [7, 11) is 0. The van der Waals surface area contributed by atoms with E-state index in [2.05, 4.69) is 47.3 Å². The predicted octanol–water partition coefficient (Wildman–Crippen LogP) is 3.46. The number of H-pyrrole nitrogens is 1. The van der Waals surface area contributed by atoms with E-state index in [9.17, 15) is 4.79 Å². The molecule has 1 atom stereocenters. The van der Waals surface area contributed by atoms with E-state index in [0.717, 1.165) is 47.5 Å². The Hall–Kier alpha value is -4.22. The van der Waals surface area contributed by atoms with Gasteiger partial charge in [-0.25, -0.2) is 15.0 Å². The summed E-state index contributed by atoms with van der Waals surface area (Å²) < 4.78 is 0. The molecule has 8 nitrogen and oxygen atoms in total. The molecule has 1 saturated heterocycles. The predicted molar refractivity (Wildman–Crippen MR) is 134 cm³/mol. The lowest BCUT2D eigenvalue weighted by Crippen LogP contribution is -2.33. The Bertz CT molecular complexity index is 1350. The second-order valence-corrected chi connectivity index (χ2v) is 8.11. The lowest BCUT2D eigenvalue weighted by Gasteiger charge is -2.19. The fourth-order valence-electron chi connectivity index (χ4n) is 4.24. The molecule has 1 fully saturated rings. The third-order valence-electron chi connectivity index (χ3n) is 5.96. The number of aromatic nitrogens is 4. The van der Waals surface area contributed by atoms with Crippen LogP contribution >= 0.6 is 0 Å². The number of nitrogens with one attached hydrogen (secondary N) is 3. The number of carbonyl (C=O) groups is 1. The zero-order chi connectivity index (χ0) is 23.3. The standard InChI is InChI=1S/C26H25N7O/c1-2-3-12-27-20-11-14-33(16-20)25-23-21(15-29-24(23)30-17-31-25)18-7-9-19(10-8-18)26(34)32-22-6-4-5-13-28-22/h4-10,13,15,17,20,27H,11-12,14,16H2,1H3,(H,28,32,34)(H,29,30,31)/t20-/m0/s1. The SMILES string of the molecule is CC#CCN[C@H]1CCN(c2ncnc3[nH]cc(-c4ccc(C(=O)Nc5ccccn5)cc4)c23)C1. The number of anilines is 2. The van der Waals surface area contributed by atoms with Gasteiger partial charge >= 0.3 is 0 Å². The highest BCUT2D eigenvalue weighted by Gasteiger charge is 2.26. The summed E-state index contributed by atoms with van der Waals surface area (Å²) >= 11 is 0. The van der Waals surface area contributed by atoms with Gasteiger partial charge in [-0.05, 0) is 43.2 Å². The maximum atomic E-state index is 12.6. The summed E-state index contributed by atoms with van der Waals surface area (Å²) in [6.07, 6.45) is 6.24. The normalized spacial score (nSPS) is 15.2. The minimum atomic E-state index is -0.198. The number of amides is 1. The Morgan fingerprint density at radius 2 is 2.06 bits per heavy atom. The highest BCUT2D eigenvalue weighted by Crippen LogP contribution is 2.35. The van der Waals surface area contributed by atoms with Crippen molar-refractivity contribution in [1.29, 1.82) is 0 Å². The molecule has 170 valence electrons. The topological polar surface area (TPSA) is 98.8 Å². The molecule has 0 spiro atoms. The molecule has 4 aromatic rings. The summed E-state index contributed by atoms with van der Waals surface area (Å²) in [6, 6.07) is 13.3. The highest BCUT2D eigenvalue weighted by atomic mass is 16.1. The van der Waals surface area contributed by atoms with Gasteiger partial charge in [-0.15, -0.1) is 5.92 Å². The van der Waals surface area contributed by atoms with Crippen LogP contribution in [0.3, 0.4) is 0 Å². The first-order valence-corrected chi connectivity index (χ1v) is 11.3. The van der Waals surface area contributed by atoms with E-state index in [4.69, 9.17) is 0 Å². The van der Waals surface area contributed by atoms with Crippen molar-refractivity contribution in [1.82, 2.24) is 25.3 Å². The van der Waals surface area contributed by atoms with Crippen molar-refractivity contribution in [3.63, 3.8) is 0 Å². The molecule has 8 heteroatoms. The number of benzene rings is 1. The van der Waals surface area contributed by atoms with Crippen LogP contribution < -0.4 is 15.5 Å². The van der Waals surface area contributed by atoms with E-state index >= 15 is 0 Å². The summed E-state index contributed by atoms with van der Waals surface area (Å²) in [6.45, 7) is 4.34. The first kappa shape index (κ1) is 21.6. The maximum absolute atomic E-state index is 12.6. The number of fused-ring (bicyclic) bond motifs is 1. The second-order valence-electron chi connectivity index (χ2n) is 8.11. The molecule has 0 saturated carbocycles. The van der Waals surface area contributed by atoms with Crippen molar-refractivity contribution in [2.24, 2.45) is 0 Å². The van der Waals surface area contributed by atoms with E-state index in [0.29, 0.717) is 24.0 Å². The first-order chi connectivity index (χ1) is 16.7. The summed E-state index contributed by atoms with van der Waals surface area (Å²) in [5.74, 6) is 7.24. The zero-order valence-electron chi connectivity index (χ0n) is 18.9. The van der Waals surface area contributed by atoms with Crippen LogP contribution in [0.1, 0.15) is 23.7 Å². The van der Waals surface area contributed by atoms with Crippen LogP contribution in [0.15, 0.2) is 61.2 Å². The Balaban J connectivity index is 1.38. The van der Waals surface area contributed by atoms with Crippen LogP contribution in [0.25, 0.3) is 22.2 Å². The summed E-state index contributed by atoms with van der Waals surface area (Å²) in [4.78, 5) is 31.4. The van der Waals surface area contributed by atoms with E-state index in [1.807, 2.05) is 49.5 Å². The summed E-state index contributed by atoms with van der Waals surface area (Å²) in [5.41, 5.74) is 3.36. The lowest BCUT2D eigenvalue weighted by atomic mass is 10.0. The smallest absolute Gasteiger partial charge is 0.256 e.